The highest BCUT2D eigenvalue weighted by Crippen LogP contribution is 2.24. The zero-order valence-corrected chi connectivity index (χ0v) is 8.43. The molecule has 1 aliphatic rings. The van der Waals surface area contributed by atoms with Crippen molar-refractivity contribution in [2.24, 2.45) is 0 Å². The highest BCUT2D eigenvalue weighted by Gasteiger charge is 2.17. The quantitative estimate of drug-likeness (QED) is 0.547. The Morgan fingerprint density at radius 3 is 2.40 bits per heavy atom. The van der Waals surface area contributed by atoms with E-state index in [1.807, 2.05) is 12.1 Å². The van der Waals surface area contributed by atoms with E-state index >= 15 is 0 Å². The maximum absolute atomic E-state index is 10.7. The second kappa shape index (κ2) is 4.42. The van der Waals surface area contributed by atoms with E-state index in [-0.39, 0.29) is 12.3 Å². The molecule has 0 spiro atoms. The van der Waals surface area contributed by atoms with Gasteiger partial charge in [-0.2, -0.15) is 0 Å². The van der Waals surface area contributed by atoms with Crippen LogP contribution in [0.15, 0.2) is 24.3 Å². The molecule has 0 radical (unpaired) electrons. The SMILES string of the molecule is CC(=O)Oc1ccc(C2OCCO2)cc1. The largest absolute Gasteiger partial charge is 0.427 e. The highest BCUT2D eigenvalue weighted by molar-refractivity contribution is 5.69. The van der Waals surface area contributed by atoms with Crippen LogP contribution in [0.25, 0.3) is 0 Å². The molecule has 1 aliphatic heterocycles. The minimum Gasteiger partial charge on any atom is -0.427 e. The van der Waals surface area contributed by atoms with Gasteiger partial charge in [0.25, 0.3) is 0 Å². The van der Waals surface area contributed by atoms with Crippen molar-refractivity contribution in [3.63, 3.8) is 0 Å². The summed E-state index contributed by atoms with van der Waals surface area (Å²) in [5.41, 5.74) is 0.934. The minimum absolute atomic E-state index is 0.281. The normalized spacial score (nSPS) is 16.6. The number of carbonyl (C=O) groups is 1. The Balaban J connectivity index is 2.06. The lowest BCUT2D eigenvalue weighted by Crippen LogP contribution is -2.02. The van der Waals surface area contributed by atoms with Crippen LogP contribution in [0.1, 0.15) is 18.8 Å². The standard InChI is InChI=1S/C11H12O4/c1-8(12)15-10-4-2-9(3-5-10)11-13-6-7-14-11/h2-5,11H,6-7H2,1H3. The van der Waals surface area contributed by atoms with Gasteiger partial charge in [0.15, 0.2) is 6.29 Å². The van der Waals surface area contributed by atoms with Crippen molar-refractivity contribution < 1.29 is 19.0 Å². The summed E-state index contributed by atoms with van der Waals surface area (Å²) in [7, 11) is 0. The van der Waals surface area contributed by atoms with E-state index in [1.165, 1.54) is 6.92 Å². The van der Waals surface area contributed by atoms with Gasteiger partial charge in [-0.25, -0.2) is 0 Å². The summed E-state index contributed by atoms with van der Waals surface area (Å²) in [5, 5.41) is 0. The van der Waals surface area contributed by atoms with Gasteiger partial charge in [-0.15, -0.1) is 0 Å². The van der Waals surface area contributed by atoms with E-state index in [0.29, 0.717) is 19.0 Å². The summed E-state index contributed by atoms with van der Waals surface area (Å²) in [6.07, 6.45) is -0.281. The molecule has 15 heavy (non-hydrogen) atoms. The zero-order chi connectivity index (χ0) is 10.7. The van der Waals surface area contributed by atoms with Crippen molar-refractivity contribution in [2.75, 3.05) is 13.2 Å². The van der Waals surface area contributed by atoms with Gasteiger partial charge < -0.3 is 14.2 Å². The first-order chi connectivity index (χ1) is 7.25. The molecule has 4 heteroatoms. The Labute approximate surface area is 87.8 Å². The van der Waals surface area contributed by atoms with Crippen LogP contribution in [0.3, 0.4) is 0 Å². The Morgan fingerprint density at radius 2 is 1.87 bits per heavy atom. The van der Waals surface area contributed by atoms with Crippen LogP contribution in [0.5, 0.6) is 5.75 Å². The zero-order valence-electron chi connectivity index (χ0n) is 8.43. The average molecular weight is 208 g/mol. The Bertz CT molecular complexity index is 338. The van der Waals surface area contributed by atoms with Crippen LogP contribution < -0.4 is 4.74 Å². The van der Waals surface area contributed by atoms with E-state index in [9.17, 15) is 4.79 Å². The summed E-state index contributed by atoms with van der Waals surface area (Å²) in [4.78, 5) is 10.7. The lowest BCUT2D eigenvalue weighted by molar-refractivity contribution is -0.131. The second-order valence-electron chi connectivity index (χ2n) is 3.24. The Hall–Kier alpha value is -1.39. The van der Waals surface area contributed by atoms with Crippen LogP contribution in [0.2, 0.25) is 0 Å². The summed E-state index contributed by atoms with van der Waals surface area (Å²) in [6.45, 7) is 2.61. The van der Waals surface area contributed by atoms with E-state index < -0.39 is 0 Å². The van der Waals surface area contributed by atoms with Gasteiger partial charge >= 0.3 is 5.97 Å². The molecule has 1 aromatic rings. The summed E-state index contributed by atoms with van der Waals surface area (Å²) >= 11 is 0. The van der Waals surface area contributed by atoms with Gasteiger partial charge in [0.1, 0.15) is 5.75 Å². The van der Waals surface area contributed by atoms with E-state index in [2.05, 4.69) is 0 Å². The molecule has 0 aromatic heterocycles. The van der Waals surface area contributed by atoms with Gasteiger partial charge in [0.05, 0.1) is 13.2 Å². The molecule has 1 heterocycles. The molecule has 0 aliphatic carbocycles. The van der Waals surface area contributed by atoms with Gasteiger partial charge in [-0.3, -0.25) is 4.79 Å². The van der Waals surface area contributed by atoms with E-state index in [1.54, 1.807) is 12.1 Å². The van der Waals surface area contributed by atoms with E-state index in [0.717, 1.165) is 5.56 Å². The smallest absolute Gasteiger partial charge is 0.308 e. The second-order valence-corrected chi connectivity index (χ2v) is 3.24. The molecule has 1 aromatic carbocycles. The molecule has 4 nitrogen and oxygen atoms in total. The molecule has 0 unspecified atom stereocenters. The van der Waals surface area contributed by atoms with E-state index in [4.69, 9.17) is 14.2 Å². The number of hydrogen-bond acceptors (Lipinski definition) is 4. The van der Waals surface area contributed by atoms with Gasteiger partial charge in [-0.05, 0) is 12.1 Å². The number of rotatable bonds is 2. The fourth-order valence-electron chi connectivity index (χ4n) is 1.41. The minimum atomic E-state index is -0.323. The molecule has 0 atom stereocenters. The number of esters is 1. The van der Waals surface area contributed by atoms with Gasteiger partial charge in [-0.1, -0.05) is 12.1 Å². The summed E-state index contributed by atoms with van der Waals surface area (Å²) in [5.74, 6) is 0.209. The fraction of sp³-hybridized carbons (Fsp3) is 0.364. The number of benzene rings is 1. The van der Waals surface area contributed by atoms with Crippen molar-refractivity contribution in [2.45, 2.75) is 13.2 Å². The first-order valence-electron chi connectivity index (χ1n) is 4.77. The van der Waals surface area contributed by atoms with Crippen molar-refractivity contribution in [1.82, 2.24) is 0 Å². The lowest BCUT2D eigenvalue weighted by Gasteiger charge is -2.09. The van der Waals surface area contributed by atoms with Crippen LogP contribution in [-0.4, -0.2) is 19.2 Å². The molecular formula is C11H12O4. The van der Waals surface area contributed by atoms with Crippen molar-refractivity contribution >= 4 is 5.97 Å². The molecule has 80 valence electrons. The molecule has 0 amide bonds. The molecule has 1 fully saturated rings. The van der Waals surface area contributed by atoms with Crippen LogP contribution in [0.4, 0.5) is 0 Å². The third-order valence-corrected chi connectivity index (χ3v) is 2.04. The molecule has 1 saturated heterocycles. The third kappa shape index (κ3) is 2.55. The highest BCUT2D eigenvalue weighted by atomic mass is 16.7. The fourth-order valence-corrected chi connectivity index (χ4v) is 1.41. The number of hydrogen-bond donors (Lipinski definition) is 0. The third-order valence-electron chi connectivity index (χ3n) is 2.04. The number of ether oxygens (including phenoxy) is 3. The number of carbonyl (C=O) groups excluding carboxylic acids is 1. The summed E-state index contributed by atoms with van der Waals surface area (Å²) in [6, 6.07) is 7.10. The van der Waals surface area contributed by atoms with Crippen molar-refractivity contribution in [3.8, 4) is 5.75 Å². The van der Waals surface area contributed by atoms with Crippen LogP contribution in [-0.2, 0) is 14.3 Å². The topological polar surface area (TPSA) is 44.8 Å². The molecule has 0 bridgehead atoms. The predicted molar refractivity (Wildman–Crippen MR) is 52.4 cm³/mol. The maximum Gasteiger partial charge on any atom is 0.308 e. The Morgan fingerprint density at radius 1 is 1.27 bits per heavy atom. The van der Waals surface area contributed by atoms with Crippen LogP contribution >= 0.6 is 0 Å². The molecule has 0 N–H and O–H groups in total. The Kier molecular flexibility index (Phi) is 2.99. The first kappa shape index (κ1) is 10.1. The van der Waals surface area contributed by atoms with Gasteiger partial charge in [0, 0.05) is 12.5 Å². The van der Waals surface area contributed by atoms with Crippen molar-refractivity contribution in [3.05, 3.63) is 29.8 Å². The molecule has 2 rings (SSSR count). The molecular weight excluding hydrogens is 196 g/mol. The lowest BCUT2D eigenvalue weighted by atomic mass is 10.2. The summed E-state index contributed by atoms with van der Waals surface area (Å²) < 4.78 is 15.6. The van der Waals surface area contributed by atoms with Crippen LogP contribution in [0, 0.1) is 0 Å². The maximum atomic E-state index is 10.7. The molecule has 0 saturated carbocycles. The monoisotopic (exact) mass is 208 g/mol. The first-order valence-corrected chi connectivity index (χ1v) is 4.77. The predicted octanol–water partition coefficient (Wildman–Crippen LogP) is 1.66. The van der Waals surface area contributed by atoms with Crippen molar-refractivity contribution in [1.29, 1.82) is 0 Å². The van der Waals surface area contributed by atoms with Gasteiger partial charge in [0.2, 0.25) is 0 Å². The average Bonchev–Trinajstić information content (AvgIpc) is 2.71.